The minimum atomic E-state index is -3.64. The Morgan fingerprint density at radius 3 is 2.50 bits per heavy atom. The van der Waals surface area contributed by atoms with Crippen LogP contribution in [0.25, 0.3) is 0 Å². The number of hydrogen-bond acceptors (Lipinski definition) is 5. The third-order valence-electron chi connectivity index (χ3n) is 4.44. The molecule has 0 spiro atoms. The van der Waals surface area contributed by atoms with Gasteiger partial charge in [-0.1, -0.05) is 44.2 Å². The van der Waals surface area contributed by atoms with Crippen LogP contribution in [0.1, 0.15) is 32.0 Å². The molecule has 0 fully saturated rings. The van der Waals surface area contributed by atoms with Crippen molar-refractivity contribution in [3.8, 4) is 0 Å². The van der Waals surface area contributed by atoms with Gasteiger partial charge in [0.15, 0.2) is 0 Å². The van der Waals surface area contributed by atoms with Gasteiger partial charge in [-0.15, -0.1) is 0 Å². The van der Waals surface area contributed by atoms with Crippen molar-refractivity contribution >= 4 is 15.7 Å². The molecule has 0 saturated carbocycles. The SMILES string of the molecule is CCN(Cc1cnc(S(=O)(=O)Cc2ccccc2)n1CCOC)C(=O)C(C)C. The summed E-state index contributed by atoms with van der Waals surface area (Å²) in [4.78, 5) is 18.3. The first-order valence-corrected chi connectivity index (χ1v) is 11.0. The van der Waals surface area contributed by atoms with E-state index in [0.717, 1.165) is 0 Å². The number of rotatable bonds is 10. The molecule has 1 amide bonds. The molecule has 0 aliphatic rings. The maximum atomic E-state index is 13.0. The van der Waals surface area contributed by atoms with Crippen LogP contribution in [0.5, 0.6) is 0 Å². The molecule has 0 radical (unpaired) electrons. The lowest BCUT2D eigenvalue weighted by molar-refractivity contribution is -0.134. The number of amides is 1. The van der Waals surface area contributed by atoms with E-state index in [2.05, 4.69) is 4.98 Å². The fourth-order valence-corrected chi connectivity index (χ4v) is 4.47. The highest BCUT2D eigenvalue weighted by atomic mass is 32.2. The lowest BCUT2D eigenvalue weighted by atomic mass is 10.2. The zero-order valence-corrected chi connectivity index (χ0v) is 17.8. The van der Waals surface area contributed by atoms with Crippen molar-refractivity contribution in [1.82, 2.24) is 14.5 Å². The van der Waals surface area contributed by atoms with Gasteiger partial charge in [0.1, 0.15) is 0 Å². The smallest absolute Gasteiger partial charge is 0.228 e. The minimum Gasteiger partial charge on any atom is -0.383 e. The van der Waals surface area contributed by atoms with E-state index in [1.807, 2.05) is 39.0 Å². The van der Waals surface area contributed by atoms with Crippen LogP contribution >= 0.6 is 0 Å². The molecule has 1 aromatic heterocycles. The topological polar surface area (TPSA) is 81.5 Å². The molecule has 1 aromatic carbocycles. The second kappa shape index (κ2) is 9.84. The van der Waals surface area contributed by atoms with E-state index in [1.165, 1.54) is 0 Å². The molecule has 0 aliphatic carbocycles. The van der Waals surface area contributed by atoms with Crippen molar-refractivity contribution in [2.45, 2.75) is 44.8 Å². The van der Waals surface area contributed by atoms with Crippen LogP contribution in [-0.4, -0.2) is 49.0 Å². The van der Waals surface area contributed by atoms with Gasteiger partial charge in [-0.3, -0.25) is 4.79 Å². The monoisotopic (exact) mass is 407 g/mol. The molecular weight excluding hydrogens is 378 g/mol. The lowest BCUT2D eigenvalue weighted by Gasteiger charge is -2.23. The number of sulfone groups is 1. The normalized spacial score (nSPS) is 11.8. The van der Waals surface area contributed by atoms with Gasteiger partial charge in [-0.2, -0.15) is 0 Å². The van der Waals surface area contributed by atoms with Crippen LogP contribution in [0.3, 0.4) is 0 Å². The summed E-state index contributed by atoms with van der Waals surface area (Å²) in [6.45, 7) is 7.16. The van der Waals surface area contributed by atoms with Crippen LogP contribution < -0.4 is 0 Å². The van der Waals surface area contributed by atoms with E-state index in [1.54, 1.807) is 34.9 Å². The molecule has 0 bridgehead atoms. The molecule has 0 aliphatic heterocycles. The Morgan fingerprint density at radius 1 is 1.25 bits per heavy atom. The third-order valence-corrected chi connectivity index (χ3v) is 6.03. The highest BCUT2D eigenvalue weighted by Crippen LogP contribution is 2.19. The Hall–Kier alpha value is -2.19. The summed E-state index contributed by atoms with van der Waals surface area (Å²) < 4.78 is 32.8. The molecule has 2 aromatic rings. The number of nitrogens with zero attached hydrogens (tertiary/aromatic N) is 3. The van der Waals surface area contributed by atoms with Crippen molar-refractivity contribution in [3.05, 3.63) is 47.8 Å². The Bertz CT molecular complexity index is 876. The predicted molar refractivity (Wildman–Crippen MR) is 107 cm³/mol. The van der Waals surface area contributed by atoms with Gasteiger partial charge in [-0.05, 0) is 12.5 Å². The van der Waals surface area contributed by atoms with E-state index in [-0.39, 0.29) is 22.7 Å². The molecule has 0 saturated heterocycles. The standard InChI is InChI=1S/C20H29N3O4S/c1-5-22(19(24)16(2)3)14-18-13-21-20(23(18)11-12-27-4)28(25,26)15-17-9-7-6-8-10-17/h6-10,13,16H,5,11-12,14-15H2,1-4H3. The zero-order valence-electron chi connectivity index (χ0n) is 17.0. The summed E-state index contributed by atoms with van der Waals surface area (Å²) in [7, 11) is -2.07. The second-order valence-corrected chi connectivity index (χ2v) is 8.81. The second-order valence-electron chi connectivity index (χ2n) is 6.93. The Labute approximate surface area is 167 Å². The first-order chi connectivity index (χ1) is 13.3. The van der Waals surface area contributed by atoms with Gasteiger partial charge < -0.3 is 14.2 Å². The number of ether oxygens (including phenoxy) is 1. The average Bonchev–Trinajstić information content (AvgIpc) is 3.07. The van der Waals surface area contributed by atoms with Crippen LogP contribution in [0.4, 0.5) is 0 Å². The maximum absolute atomic E-state index is 13.0. The zero-order chi connectivity index (χ0) is 20.7. The molecule has 0 N–H and O–H groups in total. The molecule has 7 nitrogen and oxygen atoms in total. The number of methoxy groups -OCH3 is 1. The average molecular weight is 408 g/mol. The molecule has 28 heavy (non-hydrogen) atoms. The molecule has 1 heterocycles. The summed E-state index contributed by atoms with van der Waals surface area (Å²) in [6.07, 6.45) is 1.55. The largest absolute Gasteiger partial charge is 0.383 e. The molecule has 2 rings (SSSR count). The maximum Gasteiger partial charge on any atom is 0.228 e. The summed E-state index contributed by atoms with van der Waals surface area (Å²) in [5, 5.41) is 0.0106. The fourth-order valence-electron chi connectivity index (χ4n) is 2.95. The van der Waals surface area contributed by atoms with E-state index in [9.17, 15) is 13.2 Å². The molecule has 0 atom stereocenters. The summed E-state index contributed by atoms with van der Waals surface area (Å²) in [5.74, 6) is -0.230. The number of carbonyl (C=O) groups excluding carboxylic acids is 1. The van der Waals surface area contributed by atoms with Gasteiger partial charge >= 0.3 is 0 Å². The van der Waals surface area contributed by atoms with Gasteiger partial charge in [-0.25, -0.2) is 13.4 Å². The van der Waals surface area contributed by atoms with Crippen LogP contribution in [0.2, 0.25) is 0 Å². The van der Waals surface area contributed by atoms with Gasteiger partial charge in [0.25, 0.3) is 0 Å². The van der Waals surface area contributed by atoms with Crippen molar-refractivity contribution in [2.24, 2.45) is 5.92 Å². The van der Waals surface area contributed by atoms with Crippen molar-refractivity contribution in [3.63, 3.8) is 0 Å². The van der Waals surface area contributed by atoms with E-state index < -0.39 is 9.84 Å². The van der Waals surface area contributed by atoms with Crippen molar-refractivity contribution < 1.29 is 17.9 Å². The number of benzene rings is 1. The molecule has 8 heteroatoms. The predicted octanol–water partition coefficient (Wildman–Crippen LogP) is 2.51. The highest BCUT2D eigenvalue weighted by Gasteiger charge is 2.25. The third kappa shape index (κ3) is 5.42. The summed E-state index contributed by atoms with van der Waals surface area (Å²) >= 11 is 0. The van der Waals surface area contributed by atoms with Crippen LogP contribution in [0.15, 0.2) is 41.7 Å². The molecule has 0 unspecified atom stereocenters. The van der Waals surface area contributed by atoms with E-state index >= 15 is 0 Å². The number of imidazole rings is 1. The van der Waals surface area contributed by atoms with E-state index in [0.29, 0.717) is 37.5 Å². The number of hydrogen-bond donors (Lipinski definition) is 0. The first kappa shape index (κ1) is 22.1. The van der Waals surface area contributed by atoms with Crippen LogP contribution in [-0.2, 0) is 38.2 Å². The minimum absolute atomic E-state index is 0.0106. The Balaban J connectivity index is 2.36. The van der Waals surface area contributed by atoms with Crippen molar-refractivity contribution in [1.29, 1.82) is 0 Å². The quantitative estimate of drug-likeness (QED) is 0.604. The lowest BCUT2D eigenvalue weighted by Crippen LogP contribution is -2.34. The van der Waals surface area contributed by atoms with Crippen LogP contribution in [0, 0.1) is 5.92 Å². The number of carbonyl (C=O) groups is 1. The van der Waals surface area contributed by atoms with Crippen molar-refractivity contribution in [2.75, 3.05) is 20.3 Å². The Kier molecular flexibility index (Phi) is 7.77. The first-order valence-electron chi connectivity index (χ1n) is 9.39. The number of aromatic nitrogens is 2. The summed E-state index contributed by atoms with van der Waals surface area (Å²) in [6, 6.07) is 9.02. The molecule has 154 valence electrons. The highest BCUT2D eigenvalue weighted by molar-refractivity contribution is 7.90. The van der Waals surface area contributed by atoms with Gasteiger partial charge in [0.2, 0.25) is 20.9 Å². The molecular formula is C20H29N3O4S. The summed E-state index contributed by atoms with van der Waals surface area (Å²) in [5.41, 5.74) is 1.38. The van der Waals surface area contributed by atoms with E-state index in [4.69, 9.17) is 4.74 Å². The fraction of sp³-hybridized carbons (Fsp3) is 0.500. The van der Waals surface area contributed by atoms with Gasteiger partial charge in [0.05, 0.1) is 30.8 Å². The van der Waals surface area contributed by atoms with Gasteiger partial charge in [0, 0.05) is 26.1 Å². The Morgan fingerprint density at radius 2 is 1.93 bits per heavy atom.